The Labute approximate surface area is 141 Å². The van der Waals surface area contributed by atoms with Crippen molar-refractivity contribution in [2.24, 2.45) is 0 Å². The molecule has 5 nitrogen and oxygen atoms in total. The molecule has 0 radical (unpaired) electrons. The van der Waals surface area contributed by atoms with Crippen molar-refractivity contribution in [3.8, 4) is 17.2 Å². The first-order chi connectivity index (χ1) is 11.7. The summed E-state index contributed by atoms with van der Waals surface area (Å²) in [5.74, 6) is 2.15. The number of rotatable bonds is 5. The van der Waals surface area contributed by atoms with Gasteiger partial charge in [-0.1, -0.05) is 24.3 Å². The number of para-hydroxylation sites is 1. The van der Waals surface area contributed by atoms with Gasteiger partial charge >= 0.3 is 0 Å². The smallest absolute Gasteiger partial charge is 0.224 e. The summed E-state index contributed by atoms with van der Waals surface area (Å²) in [6, 6.07) is 13.4. The fraction of sp³-hybridized carbons (Fsp3) is 0.316. The van der Waals surface area contributed by atoms with Crippen LogP contribution in [-0.2, 0) is 17.6 Å². The van der Waals surface area contributed by atoms with Crippen molar-refractivity contribution in [1.82, 2.24) is 5.32 Å². The summed E-state index contributed by atoms with van der Waals surface area (Å²) < 4.78 is 16.2. The number of benzene rings is 2. The van der Waals surface area contributed by atoms with Crippen LogP contribution in [0.1, 0.15) is 11.1 Å². The van der Waals surface area contributed by atoms with Gasteiger partial charge in [0.15, 0.2) is 11.5 Å². The first-order valence-electron chi connectivity index (χ1n) is 7.90. The lowest BCUT2D eigenvalue weighted by molar-refractivity contribution is -0.121. The van der Waals surface area contributed by atoms with Crippen molar-refractivity contribution in [2.45, 2.75) is 18.9 Å². The SMILES string of the molecule is COc1ccc(CC(=O)N[C@H]2COc3ccccc3C2)cc1OC. The fourth-order valence-electron chi connectivity index (χ4n) is 2.88. The Balaban J connectivity index is 1.60. The molecule has 0 aromatic heterocycles. The number of carbonyl (C=O) groups excluding carboxylic acids is 1. The van der Waals surface area contributed by atoms with Gasteiger partial charge in [-0.2, -0.15) is 0 Å². The van der Waals surface area contributed by atoms with Gasteiger partial charge in [-0.3, -0.25) is 4.79 Å². The van der Waals surface area contributed by atoms with Crippen molar-refractivity contribution in [3.63, 3.8) is 0 Å². The molecule has 0 bridgehead atoms. The van der Waals surface area contributed by atoms with Crippen LogP contribution >= 0.6 is 0 Å². The van der Waals surface area contributed by atoms with Crippen molar-refractivity contribution in [1.29, 1.82) is 0 Å². The molecule has 0 fully saturated rings. The van der Waals surface area contributed by atoms with Gasteiger partial charge < -0.3 is 19.5 Å². The zero-order valence-corrected chi connectivity index (χ0v) is 13.9. The maximum atomic E-state index is 12.3. The van der Waals surface area contributed by atoms with Gasteiger partial charge in [-0.05, 0) is 35.7 Å². The average molecular weight is 327 g/mol. The molecule has 126 valence electrons. The third kappa shape index (κ3) is 3.62. The number of carbonyl (C=O) groups is 1. The predicted octanol–water partition coefficient (Wildman–Crippen LogP) is 2.37. The van der Waals surface area contributed by atoms with Crippen molar-refractivity contribution < 1.29 is 19.0 Å². The Hall–Kier alpha value is -2.69. The normalized spacial score (nSPS) is 15.8. The van der Waals surface area contributed by atoms with E-state index in [-0.39, 0.29) is 11.9 Å². The second-order valence-corrected chi connectivity index (χ2v) is 5.75. The molecular formula is C19H21NO4. The first kappa shape index (κ1) is 16.2. The van der Waals surface area contributed by atoms with Crippen molar-refractivity contribution >= 4 is 5.91 Å². The molecule has 1 atom stereocenters. The number of methoxy groups -OCH3 is 2. The largest absolute Gasteiger partial charge is 0.493 e. The molecule has 0 aliphatic carbocycles. The molecule has 1 N–H and O–H groups in total. The van der Waals surface area contributed by atoms with Gasteiger partial charge in [0.05, 0.1) is 26.7 Å². The summed E-state index contributed by atoms with van der Waals surface area (Å²) in [6.07, 6.45) is 1.08. The maximum absolute atomic E-state index is 12.3. The second-order valence-electron chi connectivity index (χ2n) is 5.75. The van der Waals surface area contributed by atoms with E-state index < -0.39 is 0 Å². The van der Waals surface area contributed by atoms with Crippen LogP contribution in [0.4, 0.5) is 0 Å². The quantitative estimate of drug-likeness (QED) is 0.916. The van der Waals surface area contributed by atoms with E-state index in [1.807, 2.05) is 36.4 Å². The highest BCUT2D eigenvalue weighted by Crippen LogP contribution is 2.28. The third-order valence-corrected chi connectivity index (χ3v) is 4.06. The van der Waals surface area contributed by atoms with E-state index in [0.29, 0.717) is 24.5 Å². The molecule has 0 saturated heterocycles. The average Bonchev–Trinajstić information content (AvgIpc) is 2.61. The molecule has 0 spiro atoms. The Kier molecular flexibility index (Phi) is 4.89. The van der Waals surface area contributed by atoms with Crippen LogP contribution in [-0.4, -0.2) is 32.8 Å². The zero-order chi connectivity index (χ0) is 16.9. The van der Waals surface area contributed by atoms with Crippen LogP contribution in [0.3, 0.4) is 0 Å². The summed E-state index contributed by atoms with van der Waals surface area (Å²) in [4.78, 5) is 12.3. The Morgan fingerprint density at radius 3 is 2.75 bits per heavy atom. The zero-order valence-electron chi connectivity index (χ0n) is 13.9. The van der Waals surface area contributed by atoms with Crippen LogP contribution in [0.25, 0.3) is 0 Å². The number of hydrogen-bond donors (Lipinski definition) is 1. The summed E-state index contributed by atoms with van der Waals surface area (Å²) in [7, 11) is 3.17. The van der Waals surface area contributed by atoms with Gasteiger partial charge in [0, 0.05) is 0 Å². The molecule has 1 aliphatic rings. The topological polar surface area (TPSA) is 56.8 Å². The number of ether oxygens (including phenoxy) is 3. The van der Waals surface area contributed by atoms with Crippen LogP contribution < -0.4 is 19.5 Å². The lowest BCUT2D eigenvalue weighted by Crippen LogP contribution is -2.43. The Morgan fingerprint density at radius 2 is 1.96 bits per heavy atom. The minimum absolute atomic E-state index is 0.00690. The van der Waals surface area contributed by atoms with Crippen LogP contribution in [0.5, 0.6) is 17.2 Å². The van der Waals surface area contributed by atoms with E-state index in [1.165, 1.54) is 0 Å². The Bertz CT molecular complexity index is 729. The monoisotopic (exact) mass is 327 g/mol. The van der Waals surface area contributed by atoms with E-state index in [1.54, 1.807) is 20.3 Å². The van der Waals surface area contributed by atoms with Crippen molar-refractivity contribution in [3.05, 3.63) is 53.6 Å². The predicted molar refractivity (Wildman–Crippen MR) is 90.8 cm³/mol. The van der Waals surface area contributed by atoms with Crippen LogP contribution in [0, 0.1) is 0 Å². The van der Waals surface area contributed by atoms with E-state index in [9.17, 15) is 4.79 Å². The van der Waals surface area contributed by atoms with Crippen molar-refractivity contribution in [2.75, 3.05) is 20.8 Å². The van der Waals surface area contributed by atoms with Gasteiger partial charge in [-0.15, -0.1) is 0 Å². The molecule has 5 heteroatoms. The fourth-order valence-corrected chi connectivity index (χ4v) is 2.88. The van der Waals surface area contributed by atoms with Crippen LogP contribution in [0.15, 0.2) is 42.5 Å². The lowest BCUT2D eigenvalue weighted by Gasteiger charge is -2.26. The molecule has 0 saturated carbocycles. The molecule has 2 aromatic rings. The number of fused-ring (bicyclic) bond motifs is 1. The summed E-state index contributed by atoms with van der Waals surface area (Å²) in [5, 5.41) is 3.04. The highest BCUT2D eigenvalue weighted by molar-refractivity contribution is 5.79. The number of amides is 1. The number of hydrogen-bond acceptors (Lipinski definition) is 4. The van der Waals surface area contributed by atoms with Gasteiger partial charge in [0.25, 0.3) is 0 Å². The number of nitrogens with one attached hydrogen (secondary N) is 1. The molecule has 3 rings (SSSR count). The molecule has 1 heterocycles. The summed E-state index contributed by atoms with van der Waals surface area (Å²) >= 11 is 0. The van der Waals surface area contributed by atoms with Crippen LogP contribution in [0.2, 0.25) is 0 Å². The van der Waals surface area contributed by atoms with Gasteiger partial charge in [0.2, 0.25) is 5.91 Å². The lowest BCUT2D eigenvalue weighted by atomic mass is 10.0. The molecule has 1 amide bonds. The highest BCUT2D eigenvalue weighted by atomic mass is 16.5. The van der Waals surface area contributed by atoms with E-state index in [0.717, 1.165) is 23.3 Å². The second kappa shape index (κ2) is 7.25. The van der Waals surface area contributed by atoms with E-state index in [4.69, 9.17) is 14.2 Å². The minimum Gasteiger partial charge on any atom is -0.493 e. The maximum Gasteiger partial charge on any atom is 0.224 e. The summed E-state index contributed by atoms with van der Waals surface area (Å²) in [6.45, 7) is 0.495. The molecule has 1 aliphatic heterocycles. The molecule has 24 heavy (non-hydrogen) atoms. The van der Waals surface area contributed by atoms with E-state index >= 15 is 0 Å². The molecular weight excluding hydrogens is 306 g/mol. The minimum atomic E-state index is -0.0322. The third-order valence-electron chi connectivity index (χ3n) is 4.06. The standard InChI is InChI=1S/C19H21NO4/c1-22-17-8-7-13(9-18(17)23-2)10-19(21)20-15-11-14-5-3-4-6-16(14)24-12-15/h3-9,15H,10-12H2,1-2H3,(H,20,21)/t15-/m1/s1. The van der Waals surface area contributed by atoms with E-state index in [2.05, 4.69) is 5.32 Å². The molecule has 2 aromatic carbocycles. The van der Waals surface area contributed by atoms with Gasteiger partial charge in [-0.25, -0.2) is 0 Å². The van der Waals surface area contributed by atoms with Gasteiger partial charge in [0.1, 0.15) is 12.4 Å². The molecule has 0 unspecified atom stereocenters. The Morgan fingerprint density at radius 1 is 1.17 bits per heavy atom. The highest BCUT2D eigenvalue weighted by Gasteiger charge is 2.21. The summed E-state index contributed by atoms with van der Waals surface area (Å²) in [5.41, 5.74) is 2.00. The first-order valence-corrected chi connectivity index (χ1v) is 7.90.